The Morgan fingerprint density at radius 2 is 1.03 bits per heavy atom. The number of benzene rings is 3. The minimum absolute atomic E-state index is 0.131. The highest BCUT2D eigenvalue weighted by atomic mass is 35.5. The van der Waals surface area contributed by atoms with Crippen molar-refractivity contribution < 1.29 is 0 Å². The quantitative estimate of drug-likeness (QED) is 0.311. The van der Waals surface area contributed by atoms with Gasteiger partial charge in [-0.25, -0.2) is 0 Å². The molecule has 0 aromatic heterocycles. The molecule has 4 N–H and O–H groups in total. The van der Waals surface area contributed by atoms with Crippen LogP contribution in [0.5, 0.6) is 0 Å². The van der Waals surface area contributed by atoms with Gasteiger partial charge in [-0.15, -0.1) is 0 Å². The summed E-state index contributed by atoms with van der Waals surface area (Å²) in [6, 6.07) is 15.9. The van der Waals surface area contributed by atoms with E-state index >= 15 is 0 Å². The number of nitrogen functional groups attached to an aromatic ring is 2. The smallest absolute Gasteiger partial charge is 0.0499 e. The maximum absolute atomic E-state index is 6.94. The van der Waals surface area contributed by atoms with Gasteiger partial charge in [0, 0.05) is 27.2 Å². The summed E-state index contributed by atoms with van der Waals surface area (Å²) < 4.78 is 0. The lowest BCUT2D eigenvalue weighted by molar-refractivity contribution is 0.624. The van der Waals surface area contributed by atoms with Gasteiger partial charge in [-0.05, 0) is 70.2 Å². The van der Waals surface area contributed by atoms with Gasteiger partial charge < -0.3 is 11.5 Å². The van der Waals surface area contributed by atoms with Crippen molar-refractivity contribution in [2.45, 2.75) is 91.9 Å². The first-order valence-electron chi connectivity index (χ1n) is 13.1. The Kier molecular flexibility index (Phi) is 7.96. The van der Waals surface area contributed by atoms with E-state index in [0.29, 0.717) is 0 Å². The van der Waals surface area contributed by atoms with E-state index in [4.69, 9.17) is 23.1 Å². The number of halogens is 1. The zero-order valence-electron chi connectivity index (χ0n) is 22.9. The molecule has 0 spiro atoms. The Bertz CT molecular complexity index is 1180. The fourth-order valence-corrected chi connectivity index (χ4v) is 5.76. The molecule has 0 fully saturated rings. The number of aryl methyl sites for hydroxylation is 3. The average molecular weight is 491 g/mol. The van der Waals surface area contributed by atoms with E-state index in [1.54, 1.807) is 0 Å². The molecule has 0 heterocycles. The Morgan fingerprint density at radius 1 is 0.600 bits per heavy atom. The molecule has 0 saturated carbocycles. The third-order valence-electron chi connectivity index (χ3n) is 8.06. The van der Waals surface area contributed by atoms with E-state index < -0.39 is 0 Å². The molecule has 3 aromatic rings. The second-order valence-corrected chi connectivity index (χ2v) is 11.1. The van der Waals surface area contributed by atoms with E-state index in [9.17, 15) is 0 Å². The minimum atomic E-state index is -0.243. The summed E-state index contributed by atoms with van der Waals surface area (Å²) >= 11 is 6.94. The topological polar surface area (TPSA) is 52.0 Å². The third-order valence-corrected chi connectivity index (χ3v) is 8.49. The van der Waals surface area contributed by atoms with Gasteiger partial charge >= 0.3 is 0 Å². The first-order valence-corrected chi connectivity index (χ1v) is 13.4. The van der Waals surface area contributed by atoms with E-state index in [1.165, 1.54) is 33.4 Å². The van der Waals surface area contributed by atoms with Crippen molar-refractivity contribution >= 4 is 23.0 Å². The van der Waals surface area contributed by atoms with Crippen molar-refractivity contribution in [3.63, 3.8) is 0 Å². The number of hydrogen-bond donors (Lipinski definition) is 2. The number of hydrogen-bond acceptors (Lipinski definition) is 2. The Hall–Kier alpha value is -2.45. The van der Waals surface area contributed by atoms with Crippen LogP contribution in [0.4, 0.5) is 11.4 Å². The molecule has 3 heteroatoms. The summed E-state index contributed by atoms with van der Waals surface area (Å²) in [6.07, 6.45) is 3.61. The van der Waals surface area contributed by atoms with Gasteiger partial charge in [0.2, 0.25) is 0 Å². The van der Waals surface area contributed by atoms with Crippen molar-refractivity contribution in [3.05, 3.63) is 92.0 Å². The van der Waals surface area contributed by atoms with Gasteiger partial charge in [0.15, 0.2) is 0 Å². The standard InChI is InChI=1S/C32H43ClN2/c1-9-20-17-25(18-21(10-2)29(20)34)31(5,6)23-13-15-24(16-14-23)32(7,8)27-19-22(11-3)30(35)26(12-4)28(27)33/h13-19H,9-12,34-35H2,1-8H3. The molecule has 0 aliphatic rings. The van der Waals surface area contributed by atoms with Crippen LogP contribution in [0.3, 0.4) is 0 Å². The lowest BCUT2D eigenvalue weighted by Crippen LogP contribution is -2.23. The van der Waals surface area contributed by atoms with Gasteiger partial charge in [0.25, 0.3) is 0 Å². The number of anilines is 2. The van der Waals surface area contributed by atoms with Crippen LogP contribution in [0.15, 0.2) is 42.5 Å². The molecule has 35 heavy (non-hydrogen) atoms. The maximum Gasteiger partial charge on any atom is 0.0499 e. The Balaban J connectivity index is 2.06. The Labute approximate surface area is 218 Å². The van der Waals surface area contributed by atoms with Crippen LogP contribution in [0.25, 0.3) is 0 Å². The lowest BCUT2D eigenvalue weighted by Gasteiger charge is -2.32. The molecule has 0 aliphatic heterocycles. The van der Waals surface area contributed by atoms with Gasteiger partial charge in [0.1, 0.15) is 0 Å². The second kappa shape index (κ2) is 10.3. The molecule has 2 nitrogen and oxygen atoms in total. The first kappa shape index (κ1) is 27.1. The fourth-order valence-electron chi connectivity index (χ4n) is 5.23. The number of nitrogens with two attached hydrogens (primary N) is 2. The number of rotatable bonds is 8. The molecular formula is C32H43ClN2. The van der Waals surface area contributed by atoms with E-state index in [2.05, 4.69) is 97.9 Å². The van der Waals surface area contributed by atoms with Crippen LogP contribution in [0.2, 0.25) is 5.02 Å². The van der Waals surface area contributed by atoms with Crippen LogP contribution in [-0.4, -0.2) is 0 Å². The van der Waals surface area contributed by atoms with Crippen LogP contribution < -0.4 is 11.5 Å². The van der Waals surface area contributed by atoms with E-state index in [1.807, 2.05) is 0 Å². The second-order valence-electron chi connectivity index (χ2n) is 10.7. The molecule has 188 valence electrons. The molecule has 0 unspecified atom stereocenters. The van der Waals surface area contributed by atoms with E-state index in [-0.39, 0.29) is 10.8 Å². The predicted molar refractivity (Wildman–Crippen MR) is 155 cm³/mol. The zero-order chi connectivity index (χ0) is 26.1. The fraction of sp³-hybridized carbons (Fsp3) is 0.438. The summed E-state index contributed by atoms with van der Waals surface area (Å²) in [5.74, 6) is 0. The largest absolute Gasteiger partial charge is 0.398 e. The van der Waals surface area contributed by atoms with Gasteiger partial charge in [-0.3, -0.25) is 0 Å². The van der Waals surface area contributed by atoms with Crippen molar-refractivity contribution in [1.82, 2.24) is 0 Å². The molecular weight excluding hydrogens is 448 g/mol. The van der Waals surface area contributed by atoms with Crippen molar-refractivity contribution in [1.29, 1.82) is 0 Å². The average Bonchev–Trinajstić information content (AvgIpc) is 2.84. The lowest BCUT2D eigenvalue weighted by atomic mass is 9.73. The van der Waals surface area contributed by atoms with Crippen molar-refractivity contribution in [2.24, 2.45) is 0 Å². The van der Waals surface area contributed by atoms with Crippen molar-refractivity contribution in [3.8, 4) is 0 Å². The van der Waals surface area contributed by atoms with Crippen molar-refractivity contribution in [2.75, 3.05) is 11.5 Å². The summed E-state index contributed by atoms with van der Waals surface area (Å²) in [4.78, 5) is 0. The molecule has 3 aromatic carbocycles. The summed E-state index contributed by atoms with van der Waals surface area (Å²) in [7, 11) is 0. The van der Waals surface area contributed by atoms with Gasteiger partial charge in [-0.2, -0.15) is 0 Å². The Morgan fingerprint density at radius 3 is 1.46 bits per heavy atom. The predicted octanol–water partition coefficient (Wildman–Crippen LogP) is 8.41. The highest BCUT2D eigenvalue weighted by Gasteiger charge is 2.30. The maximum atomic E-state index is 6.94. The van der Waals surface area contributed by atoms with Crippen LogP contribution in [-0.2, 0) is 36.5 Å². The first-order chi connectivity index (χ1) is 16.4. The zero-order valence-corrected chi connectivity index (χ0v) is 23.7. The van der Waals surface area contributed by atoms with Crippen LogP contribution >= 0.6 is 11.6 Å². The van der Waals surface area contributed by atoms with Gasteiger partial charge in [-0.1, -0.05) is 109 Å². The molecule has 0 atom stereocenters. The highest BCUT2D eigenvalue weighted by molar-refractivity contribution is 6.32. The molecule has 3 rings (SSSR count). The molecule has 0 aliphatic carbocycles. The SMILES string of the molecule is CCc1cc(C(C)(C)c2ccc(C(C)(C)c3cc(CC)c(N)c(CC)c3Cl)cc2)cc(CC)c1N. The minimum Gasteiger partial charge on any atom is -0.398 e. The monoisotopic (exact) mass is 490 g/mol. The van der Waals surface area contributed by atoms with Crippen LogP contribution in [0, 0.1) is 0 Å². The molecule has 0 bridgehead atoms. The molecule has 0 radical (unpaired) electrons. The highest BCUT2D eigenvalue weighted by Crippen LogP contribution is 2.42. The molecule has 0 amide bonds. The third kappa shape index (κ3) is 4.83. The van der Waals surface area contributed by atoms with Gasteiger partial charge in [0.05, 0.1) is 0 Å². The normalized spacial score (nSPS) is 12.3. The summed E-state index contributed by atoms with van der Waals surface area (Å²) in [5.41, 5.74) is 24.0. The van der Waals surface area contributed by atoms with Crippen LogP contribution in [0.1, 0.15) is 99.9 Å². The van der Waals surface area contributed by atoms with E-state index in [0.717, 1.165) is 53.2 Å². The molecule has 0 saturated heterocycles. The summed E-state index contributed by atoms with van der Waals surface area (Å²) in [6.45, 7) is 17.7. The summed E-state index contributed by atoms with van der Waals surface area (Å²) in [5, 5.41) is 0.803.